The molecule has 4 bridgehead atoms. The summed E-state index contributed by atoms with van der Waals surface area (Å²) in [6.45, 7) is 5.27. The topological polar surface area (TPSA) is 46.3 Å². The van der Waals surface area contributed by atoms with Crippen molar-refractivity contribution in [1.29, 1.82) is 0 Å². The molecule has 4 rings (SSSR count). The second kappa shape index (κ2) is 6.23. The Labute approximate surface area is 129 Å². The highest BCUT2D eigenvalue weighted by Crippen LogP contribution is 2.47. The van der Waals surface area contributed by atoms with E-state index in [9.17, 15) is 4.79 Å². The highest BCUT2D eigenvalue weighted by molar-refractivity contribution is 5.85. The molecule has 2 aliphatic heterocycles. The van der Waals surface area contributed by atoms with Gasteiger partial charge in [0.2, 0.25) is 5.91 Å². The quantitative estimate of drug-likeness (QED) is 0.871. The van der Waals surface area contributed by atoms with Crippen LogP contribution in [0.15, 0.2) is 0 Å². The van der Waals surface area contributed by atoms with Crippen LogP contribution in [0, 0.1) is 23.7 Å². The molecule has 0 spiro atoms. The predicted molar refractivity (Wildman–Crippen MR) is 83.7 cm³/mol. The standard InChI is InChI=1S/C16H28N2O.ClH/c1-10(2)3-15(17)16(19)18-9-13-5-11-4-12(6-13)8-14(18)7-11;/h10-15H,3-9,17H2,1-2H3;1H/t11?,12?,13?,14?,15-;/m0./s1. The minimum absolute atomic E-state index is 0. The maximum Gasteiger partial charge on any atom is 0.239 e. The van der Waals surface area contributed by atoms with Crippen molar-refractivity contribution in [2.24, 2.45) is 29.4 Å². The lowest BCUT2D eigenvalue weighted by Crippen LogP contribution is -2.49. The van der Waals surface area contributed by atoms with Gasteiger partial charge in [-0.2, -0.15) is 0 Å². The van der Waals surface area contributed by atoms with E-state index in [0.717, 1.165) is 30.7 Å². The maximum absolute atomic E-state index is 12.7. The Morgan fingerprint density at radius 1 is 1.10 bits per heavy atom. The van der Waals surface area contributed by atoms with Crippen molar-refractivity contribution in [3.63, 3.8) is 0 Å². The van der Waals surface area contributed by atoms with Gasteiger partial charge in [-0.05, 0) is 62.2 Å². The number of rotatable bonds is 3. The average molecular weight is 301 g/mol. The van der Waals surface area contributed by atoms with Crippen LogP contribution in [0.5, 0.6) is 0 Å². The van der Waals surface area contributed by atoms with Crippen LogP contribution in [-0.2, 0) is 4.79 Å². The van der Waals surface area contributed by atoms with E-state index in [1.165, 1.54) is 32.1 Å². The van der Waals surface area contributed by atoms with E-state index in [1.807, 2.05) is 0 Å². The lowest BCUT2D eigenvalue weighted by molar-refractivity contribution is -0.135. The minimum atomic E-state index is -0.282. The molecule has 4 aliphatic rings. The summed E-state index contributed by atoms with van der Waals surface area (Å²) in [5.74, 6) is 3.26. The number of nitrogens with zero attached hydrogens (tertiary/aromatic N) is 1. The molecular formula is C16H29ClN2O. The van der Waals surface area contributed by atoms with Gasteiger partial charge in [0.05, 0.1) is 6.04 Å². The summed E-state index contributed by atoms with van der Waals surface area (Å²) < 4.78 is 0. The normalized spacial score (nSPS) is 36.7. The molecule has 2 N–H and O–H groups in total. The summed E-state index contributed by atoms with van der Waals surface area (Å²) in [5.41, 5.74) is 6.14. The molecular weight excluding hydrogens is 272 g/mol. The summed E-state index contributed by atoms with van der Waals surface area (Å²) in [6.07, 6.45) is 7.44. The van der Waals surface area contributed by atoms with E-state index in [4.69, 9.17) is 5.73 Å². The number of carbonyl (C=O) groups excluding carboxylic acids is 1. The SMILES string of the molecule is CC(C)C[C@H](N)C(=O)N1CC2CC3CC(C2)CC1C3.Cl. The van der Waals surface area contributed by atoms with Crippen molar-refractivity contribution >= 4 is 18.3 Å². The van der Waals surface area contributed by atoms with E-state index < -0.39 is 0 Å². The fraction of sp³-hybridized carbons (Fsp3) is 0.938. The molecule has 2 unspecified atom stereocenters. The maximum atomic E-state index is 12.7. The number of carbonyl (C=O) groups is 1. The molecule has 0 radical (unpaired) electrons. The number of fused-ring (bicyclic) bond motifs is 1. The molecule has 20 heavy (non-hydrogen) atoms. The summed E-state index contributed by atoms with van der Waals surface area (Å²) in [7, 11) is 0. The van der Waals surface area contributed by atoms with Crippen LogP contribution in [0.1, 0.15) is 52.4 Å². The van der Waals surface area contributed by atoms with Crippen LogP contribution < -0.4 is 5.73 Å². The van der Waals surface area contributed by atoms with Crippen LogP contribution in [0.2, 0.25) is 0 Å². The van der Waals surface area contributed by atoms with E-state index >= 15 is 0 Å². The van der Waals surface area contributed by atoms with Gasteiger partial charge in [-0.3, -0.25) is 4.79 Å². The van der Waals surface area contributed by atoms with Gasteiger partial charge in [0.25, 0.3) is 0 Å². The van der Waals surface area contributed by atoms with E-state index in [0.29, 0.717) is 12.0 Å². The van der Waals surface area contributed by atoms with Crippen molar-refractivity contribution in [2.75, 3.05) is 6.54 Å². The van der Waals surface area contributed by atoms with Crippen molar-refractivity contribution < 1.29 is 4.79 Å². The van der Waals surface area contributed by atoms with Crippen molar-refractivity contribution in [2.45, 2.75) is 64.5 Å². The Balaban J connectivity index is 0.00000147. The monoisotopic (exact) mass is 300 g/mol. The minimum Gasteiger partial charge on any atom is -0.338 e. The molecule has 2 saturated carbocycles. The predicted octanol–water partition coefficient (Wildman–Crippen LogP) is 2.82. The van der Waals surface area contributed by atoms with Gasteiger partial charge in [0.15, 0.2) is 0 Å². The zero-order valence-corrected chi connectivity index (χ0v) is 13.6. The first-order valence-electron chi connectivity index (χ1n) is 8.09. The van der Waals surface area contributed by atoms with Gasteiger partial charge in [-0.15, -0.1) is 12.4 Å². The van der Waals surface area contributed by atoms with Crippen LogP contribution in [-0.4, -0.2) is 29.4 Å². The summed E-state index contributed by atoms with van der Waals surface area (Å²) in [5, 5.41) is 0. The molecule has 0 aromatic rings. The van der Waals surface area contributed by atoms with Crippen molar-refractivity contribution in [3.8, 4) is 0 Å². The zero-order chi connectivity index (χ0) is 13.6. The van der Waals surface area contributed by atoms with E-state index in [2.05, 4.69) is 18.7 Å². The Morgan fingerprint density at radius 2 is 1.65 bits per heavy atom. The molecule has 0 aromatic heterocycles. The lowest BCUT2D eigenvalue weighted by atomic mass is 9.68. The number of hydrogen-bond donors (Lipinski definition) is 1. The number of nitrogens with two attached hydrogens (primary N) is 1. The third-order valence-electron chi connectivity index (χ3n) is 5.43. The molecule has 4 fully saturated rings. The molecule has 3 nitrogen and oxygen atoms in total. The second-order valence-corrected chi connectivity index (χ2v) is 7.66. The molecule has 1 amide bonds. The third-order valence-corrected chi connectivity index (χ3v) is 5.43. The Morgan fingerprint density at radius 3 is 2.20 bits per heavy atom. The van der Waals surface area contributed by atoms with Crippen molar-refractivity contribution in [1.82, 2.24) is 4.90 Å². The molecule has 0 aromatic carbocycles. The Kier molecular flexibility index (Phi) is 5.01. The highest BCUT2D eigenvalue weighted by atomic mass is 35.5. The molecule has 116 valence electrons. The first-order valence-corrected chi connectivity index (χ1v) is 8.09. The summed E-state index contributed by atoms with van der Waals surface area (Å²) in [6, 6.07) is 0.220. The van der Waals surface area contributed by atoms with Crippen LogP contribution in [0.25, 0.3) is 0 Å². The first-order chi connectivity index (χ1) is 9.02. The van der Waals surface area contributed by atoms with Crippen molar-refractivity contribution in [3.05, 3.63) is 0 Å². The van der Waals surface area contributed by atoms with Gasteiger partial charge in [0.1, 0.15) is 0 Å². The Bertz CT molecular complexity index is 346. The van der Waals surface area contributed by atoms with Gasteiger partial charge in [0, 0.05) is 12.6 Å². The van der Waals surface area contributed by atoms with Gasteiger partial charge in [-0.1, -0.05) is 13.8 Å². The molecule has 2 heterocycles. The third kappa shape index (κ3) is 3.14. The molecule has 3 atom stereocenters. The lowest BCUT2D eigenvalue weighted by Gasteiger charge is -2.39. The first kappa shape index (κ1) is 16.1. The fourth-order valence-electron chi connectivity index (χ4n) is 4.88. The average Bonchev–Trinajstić information content (AvgIpc) is 2.51. The largest absolute Gasteiger partial charge is 0.338 e. The van der Waals surface area contributed by atoms with Crippen LogP contribution in [0.3, 0.4) is 0 Å². The van der Waals surface area contributed by atoms with Crippen LogP contribution >= 0.6 is 12.4 Å². The van der Waals surface area contributed by atoms with Crippen LogP contribution in [0.4, 0.5) is 0 Å². The van der Waals surface area contributed by atoms with E-state index in [1.54, 1.807) is 0 Å². The molecule has 2 saturated heterocycles. The number of halogens is 1. The van der Waals surface area contributed by atoms with Gasteiger partial charge < -0.3 is 10.6 Å². The smallest absolute Gasteiger partial charge is 0.239 e. The Hall–Kier alpha value is -0.280. The molecule has 2 aliphatic carbocycles. The molecule has 4 heteroatoms. The number of amides is 1. The fourth-order valence-corrected chi connectivity index (χ4v) is 4.88. The second-order valence-electron chi connectivity index (χ2n) is 7.66. The summed E-state index contributed by atoms with van der Waals surface area (Å²) in [4.78, 5) is 14.8. The summed E-state index contributed by atoms with van der Waals surface area (Å²) >= 11 is 0. The van der Waals surface area contributed by atoms with E-state index in [-0.39, 0.29) is 24.4 Å². The zero-order valence-electron chi connectivity index (χ0n) is 12.8. The highest BCUT2D eigenvalue weighted by Gasteiger charge is 2.44. The van der Waals surface area contributed by atoms with Gasteiger partial charge in [-0.25, -0.2) is 0 Å². The van der Waals surface area contributed by atoms with Gasteiger partial charge >= 0.3 is 0 Å². The number of hydrogen-bond acceptors (Lipinski definition) is 2.